The third kappa shape index (κ3) is 0.804. The fourth-order valence-electron chi connectivity index (χ4n) is 0.917. The molecule has 70 valence electrons. The van der Waals surface area contributed by atoms with Gasteiger partial charge in [-0.2, -0.15) is 17.6 Å². The van der Waals surface area contributed by atoms with E-state index in [4.69, 9.17) is 0 Å². The minimum Gasteiger partial charge on any atom is -0.208 e. The lowest BCUT2D eigenvalue weighted by molar-refractivity contribution is -0.199. The fourth-order valence-corrected chi connectivity index (χ4v) is 0.917. The van der Waals surface area contributed by atoms with Crippen molar-refractivity contribution < 1.29 is 26.3 Å². The average Bonchev–Trinajstić information content (AvgIpc) is 2.05. The summed E-state index contributed by atoms with van der Waals surface area (Å²) in [7, 11) is 0. The Morgan fingerprint density at radius 1 is 1.08 bits per heavy atom. The number of hydrogen-bond donors (Lipinski definition) is 0. The van der Waals surface area contributed by atoms with Gasteiger partial charge >= 0.3 is 11.8 Å². The molecule has 0 fully saturated rings. The summed E-state index contributed by atoms with van der Waals surface area (Å²) in [6.07, 6.45) is 0. The average molecular weight is 190 g/mol. The maximum absolute atomic E-state index is 12.3. The Labute approximate surface area is 63.9 Å². The molecular weight excluding hydrogens is 186 g/mol. The number of rotatable bonds is 0. The molecule has 1 aliphatic rings. The summed E-state index contributed by atoms with van der Waals surface area (Å²) in [6.45, 7) is 0.510. The van der Waals surface area contributed by atoms with Gasteiger partial charge < -0.3 is 0 Å². The SMILES string of the molecule is CC1C(F)=C(F)C(F)(F)C1(F)F. The molecular formula is C6H4F6. The summed E-state index contributed by atoms with van der Waals surface area (Å²) >= 11 is 0. The zero-order valence-corrected chi connectivity index (χ0v) is 5.85. The molecule has 0 N–H and O–H groups in total. The normalized spacial score (nSPS) is 32.8. The molecule has 12 heavy (non-hydrogen) atoms. The minimum absolute atomic E-state index is 0.510. The molecule has 0 radical (unpaired) electrons. The van der Waals surface area contributed by atoms with Crippen LogP contribution in [0.2, 0.25) is 0 Å². The van der Waals surface area contributed by atoms with Crippen molar-refractivity contribution in [3.05, 3.63) is 11.7 Å². The van der Waals surface area contributed by atoms with Gasteiger partial charge in [-0.05, 0) is 6.92 Å². The smallest absolute Gasteiger partial charge is 0.208 e. The minimum atomic E-state index is -5.00. The monoisotopic (exact) mass is 190 g/mol. The predicted octanol–water partition coefficient (Wildman–Crippen LogP) is 3.06. The van der Waals surface area contributed by atoms with Gasteiger partial charge in [0, 0.05) is 0 Å². The van der Waals surface area contributed by atoms with Crippen LogP contribution in [0.1, 0.15) is 6.92 Å². The van der Waals surface area contributed by atoms with Gasteiger partial charge in [0.1, 0.15) is 5.83 Å². The van der Waals surface area contributed by atoms with E-state index in [-0.39, 0.29) is 0 Å². The van der Waals surface area contributed by atoms with E-state index in [1.54, 1.807) is 0 Å². The standard InChI is InChI=1S/C6H4F6/c1-2-3(7)4(8)6(11,12)5(2,9)10/h2H,1H3. The third-order valence-corrected chi connectivity index (χ3v) is 1.83. The van der Waals surface area contributed by atoms with Crippen molar-refractivity contribution in [1.29, 1.82) is 0 Å². The number of hydrogen-bond acceptors (Lipinski definition) is 0. The molecule has 1 aliphatic carbocycles. The Morgan fingerprint density at radius 3 is 1.58 bits per heavy atom. The quantitative estimate of drug-likeness (QED) is 0.515. The summed E-state index contributed by atoms with van der Waals surface area (Å²) in [5.41, 5.74) is 0. The zero-order chi connectivity index (χ0) is 9.73. The van der Waals surface area contributed by atoms with Crippen molar-refractivity contribution in [3.63, 3.8) is 0 Å². The Morgan fingerprint density at radius 2 is 1.50 bits per heavy atom. The molecule has 0 amide bonds. The maximum atomic E-state index is 12.3. The van der Waals surface area contributed by atoms with Gasteiger partial charge in [-0.1, -0.05) is 0 Å². The first-order chi connectivity index (χ1) is 5.23. The molecule has 0 heterocycles. The highest BCUT2D eigenvalue weighted by atomic mass is 19.3. The Bertz CT molecular complexity index is 240. The van der Waals surface area contributed by atoms with Crippen molar-refractivity contribution in [3.8, 4) is 0 Å². The molecule has 6 heteroatoms. The second-order valence-corrected chi connectivity index (χ2v) is 2.58. The molecule has 0 bridgehead atoms. The second kappa shape index (κ2) is 2.17. The van der Waals surface area contributed by atoms with Crippen LogP contribution < -0.4 is 0 Å². The summed E-state index contributed by atoms with van der Waals surface area (Å²) in [4.78, 5) is 0. The van der Waals surface area contributed by atoms with Gasteiger partial charge in [0.25, 0.3) is 0 Å². The maximum Gasteiger partial charge on any atom is 0.364 e. The van der Waals surface area contributed by atoms with Gasteiger partial charge in [-0.25, -0.2) is 8.78 Å². The van der Waals surface area contributed by atoms with Crippen molar-refractivity contribution in [2.75, 3.05) is 0 Å². The van der Waals surface area contributed by atoms with Crippen molar-refractivity contribution in [2.45, 2.75) is 18.8 Å². The fraction of sp³-hybridized carbons (Fsp3) is 0.667. The van der Waals surface area contributed by atoms with E-state index in [9.17, 15) is 26.3 Å². The number of alkyl halides is 4. The van der Waals surface area contributed by atoms with Crippen LogP contribution in [0.25, 0.3) is 0 Å². The Hall–Kier alpha value is -0.680. The lowest BCUT2D eigenvalue weighted by Crippen LogP contribution is -2.40. The molecule has 0 saturated carbocycles. The van der Waals surface area contributed by atoms with Crippen LogP contribution in [-0.4, -0.2) is 11.8 Å². The van der Waals surface area contributed by atoms with E-state index < -0.39 is 29.4 Å². The lowest BCUT2D eigenvalue weighted by atomic mass is 10.1. The summed E-state index contributed by atoms with van der Waals surface area (Å²) in [5, 5.41) is 0. The highest BCUT2D eigenvalue weighted by Crippen LogP contribution is 2.54. The summed E-state index contributed by atoms with van der Waals surface area (Å²) < 4.78 is 73.4. The van der Waals surface area contributed by atoms with Crippen LogP contribution in [0.15, 0.2) is 11.7 Å². The highest BCUT2D eigenvalue weighted by molar-refractivity contribution is 5.26. The van der Waals surface area contributed by atoms with Gasteiger partial charge in [-0.3, -0.25) is 0 Å². The molecule has 0 nitrogen and oxygen atoms in total. The first-order valence-corrected chi connectivity index (χ1v) is 3.04. The van der Waals surface area contributed by atoms with Crippen molar-refractivity contribution in [2.24, 2.45) is 5.92 Å². The van der Waals surface area contributed by atoms with Gasteiger partial charge in [0.2, 0.25) is 5.83 Å². The van der Waals surface area contributed by atoms with E-state index in [2.05, 4.69) is 0 Å². The lowest BCUT2D eigenvalue weighted by Gasteiger charge is -2.21. The first-order valence-electron chi connectivity index (χ1n) is 3.04. The molecule has 0 aromatic heterocycles. The van der Waals surface area contributed by atoms with Crippen LogP contribution in [0, 0.1) is 5.92 Å². The van der Waals surface area contributed by atoms with E-state index >= 15 is 0 Å². The van der Waals surface area contributed by atoms with Crippen LogP contribution >= 0.6 is 0 Å². The molecule has 1 atom stereocenters. The largest absolute Gasteiger partial charge is 0.364 e. The summed E-state index contributed by atoms with van der Waals surface area (Å²) in [5.74, 6) is -16.8. The van der Waals surface area contributed by atoms with Crippen LogP contribution in [-0.2, 0) is 0 Å². The Balaban J connectivity index is 3.22. The molecule has 1 unspecified atom stereocenters. The van der Waals surface area contributed by atoms with E-state index in [0.29, 0.717) is 6.92 Å². The zero-order valence-electron chi connectivity index (χ0n) is 5.85. The molecule has 0 aliphatic heterocycles. The summed E-state index contributed by atoms with van der Waals surface area (Å²) in [6, 6.07) is 0. The molecule has 1 rings (SSSR count). The number of allylic oxidation sites excluding steroid dienone is 2. The van der Waals surface area contributed by atoms with Crippen LogP contribution in [0.5, 0.6) is 0 Å². The van der Waals surface area contributed by atoms with Gasteiger partial charge in [0.15, 0.2) is 0 Å². The molecule has 0 aromatic rings. The van der Waals surface area contributed by atoms with E-state index in [1.165, 1.54) is 0 Å². The van der Waals surface area contributed by atoms with Crippen molar-refractivity contribution >= 4 is 0 Å². The molecule has 0 aromatic carbocycles. The van der Waals surface area contributed by atoms with Gasteiger partial charge in [0.05, 0.1) is 5.92 Å². The Kier molecular flexibility index (Phi) is 1.70. The number of halogens is 6. The molecule has 0 spiro atoms. The molecule has 0 saturated heterocycles. The third-order valence-electron chi connectivity index (χ3n) is 1.83. The van der Waals surface area contributed by atoms with Crippen LogP contribution in [0.3, 0.4) is 0 Å². The van der Waals surface area contributed by atoms with E-state index in [1.807, 2.05) is 0 Å². The first kappa shape index (κ1) is 9.41. The second-order valence-electron chi connectivity index (χ2n) is 2.58. The van der Waals surface area contributed by atoms with E-state index in [0.717, 1.165) is 0 Å². The topological polar surface area (TPSA) is 0 Å². The van der Waals surface area contributed by atoms with Gasteiger partial charge in [-0.15, -0.1) is 0 Å². The predicted molar refractivity (Wildman–Crippen MR) is 28.3 cm³/mol. The van der Waals surface area contributed by atoms with Crippen molar-refractivity contribution in [1.82, 2.24) is 0 Å². The highest BCUT2D eigenvalue weighted by Gasteiger charge is 2.70. The van der Waals surface area contributed by atoms with Crippen LogP contribution in [0.4, 0.5) is 26.3 Å².